The van der Waals surface area contributed by atoms with Crippen LogP contribution < -0.4 is 16.0 Å². The zero-order chi connectivity index (χ0) is 27.3. The van der Waals surface area contributed by atoms with Crippen LogP contribution in [0.5, 0.6) is 0 Å². The highest BCUT2D eigenvalue weighted by Crippen LogP contribution is 2.62. The van der Waals surface area contributed by atoms with Gasteiger partial charge in [-0.2, -0.15) is 0 Å². The highest BCUT2D eigenvalue weighted by atomic mass is 35.5. The summed E-state index contributed by atoms with van der Waals surface area (Å²) >= 11 is 19.1. The molecule has 0 radical (unpaired) electrons. The number of hydrogen-bond acceptors (Lipinski definition) is 3. The molecule has 2 aromatic carbocycles. The Morgan fingerprint density at radius 2 is 1.78 bits per heavy atom. The Hall–Kier alpha value is -2.42. The minimum atomic E-state index is -3.07. The van der Waals surface area contributed by atoms with Gasteiger partial charge in [0.25, 0.3) is 11.8 Å². The lowest BCUT2D eigenvalue weighted by Crippen LogP contribution is -2.51. The predicted molar refractivity (Wildman–Crippen MR) is 140 cm³/mol. The number of rotatable bonds is 8. The highest BCUT2D eigenvalue weighted by molar-refractivity contribution is 6.34. The van der Waals surface area contributed by atoms with Crippen molar-refractivity contribution in [3.63, 3.8) is 0 Å². The number of hydrogen-bond donors (Lipinski definition) is 3. The van der Waals surface area contributed by atoms with Crippen LogP contribution in [0.3, 0.4) is 0 Å². The molecule has 0 aromatic heterocycles. The summed E-state index contributed by atoms with van der Waals surface area (Å²) in [6.45, 7) is 3.56. The maximum atomic E-state index is 13.1. The van der Waals surface area contributed by atoms with Crippen LogP contribution in [0.2, 0.25) is 10.0 Å². The molecule has 2 fully saturated rings. The van der Waals surface area contributed by atoms with Crippen molar-refractivity contribution < 1.29 is 23.2 Å². The number of benzene rings is 2. The molecule has 0 heterocycles. The van der Waals surface area contributed by atoms with Gasteiger partial charge < -0.3 is 16.0 Å². The fourth-order valence-corrected chi connectivity index (χ4v) is 5.49. The molecular weight excluding hydrogens is 547 g/mol. The van der Waals surface area contributed by atoms with Crippen LogP contribution in [0.1, 0.15) is 54.1 Å². The minimum absolute atomic E-state index is 0.0332. The molecule has 198 valence electrons. The molecule has 0 bridgehead atoms. The Labute approximate surface area is 228 Å². The van der Waals surface area contributed by atoms with E-state index in [9.17, 15) is 23.2 Å². The van der Waals surface area contributed by atoms with E-state index in [1.165, 1.54) is 12.1 Å². The molecule has 0 spiro atoms. The molecule has 3 amide bonds. The predicted octanol–water partition coefficient (Wildman–Crippen LogP) is 5.69. The molecule has 2 aromatic rings. The third-order valence-electron chi connectivity index (χ3n) is 6.72. The number of carbonyl (C=O) groups is 3. The van der Waals surface area contributed by atoms with Crippen LogP contribution in [0, 0.1) is 12.8 Å². The molecular formula is C26H26Cl3F2N3O3. The smallest absolute Gasteiger partial charge is 0.262 e. The Morgan fingerprint density at radius 3 is 2.38 bits per heavy atom. The molecule has 2 aliphatic carbocycles. The Morgan fingerprint density at radius 1 is 1.11 bits per heavy atom. The third-order valence-corrected chi connectivity index (χ3v) is 7.74. The molecule has 0 aliphatic heterocycles. The van der Waals surface area contributed by atoms with Crippen molar-refractivity contribution in [2.24, 2.45) is 5.92 Å². The largest absolute Gasteiger partial charge is 0.348 e. The summed E-state index contributed by atoms with van der Waals surface area (Å²) in [6, 6.07) is 9.96. The van der Waals surface area contributed by atoms with Gasteiger partial charge >= 0.3 is 0 Å². The summed E-state index contributed by atoms with van der Waals surface area (Å²) in [5, 5.41) is 8.23. The summed E-state index contributed by atoms with van der Waals surface area (Å²) in [7, 11) is 0. The van der Waals surface area contributed by atoms with Crippen LogP contribution in [0.15, 0.2) is 36.4 Å². The topological polar surface area (TPSA) is 87.3 Å². The van der Waals surface area contributed by atoms with Crippen LogP contribution in [-0.2, 0) is 9.59 Å². The van der Waals surface area contributed by atoms with Gasteiger partial charge in [0.1, 0.15) is 5.54 Å². The van der Waals surface area contributed by atoms with Gasteiger partial charge in [0.15, 0.2) is 0 Å². The van der Waals surface area contributed by atoms with E-state index in [0.29, 0.717) is 30.5 Å². The number of anilines is 1. The quantitative estimate of drug-likeness (QED) is 0.356. The van der Waals surface area contributed by atoms with E-state index >= 15 is 0 Å². The summed E-state index contributed by atoms with van der Waals surface area (Å²) in [5.41, 5.74) is 0.917. The maximum Gasteiger partial charge on any atom is 0.262 e. The van der Waals surface area contributed by atoms with Gasteiger partial charge in [-0.25, -0.2) is 8.78 Å². The fraction of sp³-hybridized carbons (Fsp3) is 0.423. The third kappa shape index (κ3) is 6.02. The zero-order valence-corrected chi connectivity index (χ0v) is 22.6. The second-order valence-corrected chi connectivity index (χ2v) is 11.8. The van der Waals surface area contributed by atoms with Crippen molar-refractivity contribution in [2.75, 3.05) is 11.9 Å². The van der Waals surface area contributed by atoms with Crippen molar-refractivity contribution in [1.29, 1.82) is 0 Å². The van der Waals surface area contributed by atoms with Crippen LogP contribution in [0.4, 0.5) is 14.5 Å². The molecule has 2 saturated carbocycles. The van der Waals surface area contributed by atoms with Gasteiger partial charge in [0, 0.05) is 23.6 Å². The van der Waals surface area contributed by atoms with Crippen molar-refractivity contribution in [2.45, 2.75) is 55.9 Å². The van der Waals surface area contributed by atoms with Gasteiger partial charge in [-0.3, -0.25) is 14.4 Å². The SMILES string of the molecule is Cc1cc(Cl)cc(C2C(C(=O)Nc3ccc(Cl)c(C(=O)NC4(C(=O)NCC(C)(F)F)CC4)c3)C2(C)Cl)c1. The molecule has 3 N–H and O–H groups in total. The number of aryl methyl sites for hydroxylation is 1. The normalized spacial score (nSPS) is 23.7. The van der Waals surface area contributed by atoms with E-state index in [1.807, 2.05) is 19.1 Å². The first kappa shape index (κ1) is 27.6. The Balaban J connectivity index is 1.45. The first-order valence-corrected chi connectivity index (χ1v) is 12.8. The van der Waals surface area contributed by atoms with E-state index in [1.54, 1.807) is 19.1 Å². The summed E-state index contributed by atoms with van der Waals surface area (Å²) < 4.78 is 26.2. The molecule has 6 nitrogen and oxygen atoms in total. The minimum Gasteiger partial charge on any atom is -0.348 e. The second kappa shape index (κ2) is 9.71. The monoisotopic (exact) mass is 571 g/mol. The number of amides is 3. The number of nitrogens with one attached hydrogen (secondary N) is 3. The van der Waals surface area contributed by atoms with Gasteiger partial charge in [-0.05, 0) is 68.1 Å². The standard InChI is InChI=1S/C26H26Cl3F2N3O3/c1-13-8-14(10-15(27)9-13)19-20(25(19,3)29)22(36)33-16-4-5-18(28)17(11-16)21(35)34-26(6-7-26)23(37)32-12-24(2,30)31/h4-5,8-11,19-20H,6-7,12H2,1-3H3,(H,32,37)(H,33,36)(H,34,35). The highest BCUT2D eigenvalue weighted by Gasteiger charge is 2.65. The Bertz CT molecular complexity index is 1260. The van der Waals surface area contributed by atoms with E-state index in [-0.39, 0.29) is 22.4 Å². The summed E-state index contributed by atoms with van der Waals surface area (Å²) in [5.74, 6) is -5.51. The first-order chi connectivity index (χ1) is 17.1. The average Bonchev–Trinajstić information content (AvgIpc) is 3.67. The zero-order valence-electron chi connectivity index (χ0n) is 20.4. The lowest BCUT2D eigenvalue weighted by molar-refractivity contribution is -0.125. The molecule has 3 atom stereocenters. The number of halogens is 5. The van der Waals surface area contributed by atoms with Crippen molar-refractivity contribution >= 4 is 58.2 Å². The van der Waals surface area contributed by atoms with Crippen molar-refractivity contribution in [1.82, 2.24) is 10.6 Å². The van der Waals surface area contributed by atoms with E-state index in [4.69, 9.17) is 34.8 Å². The number of carbonyl (C=O) groups excluding carboxylic acids is 3. The van der Waals surface area contributed by atoms with Gasteiger partial charge in [-0.1, -0.05) is 29.3 Å². The summed E-state index contributed by atoms with van der Waals surface area (Å²) in [4.78, 5) is 37.6. The second-order valence-electron chi connectivity index (χ2n) is 10.1. The van der Waals surface area contributed by atoms with Crippen LogP contribution in [0.25, 0.3) is 0 Å². The number of alkyl halides is 3. The molecule has 11 heteroatoms. The van der Waals surface area contributed by atoms with Crippen molar-refractivity contribution in [3.05, 3.63) is 63.1 Å². The molecule has 0 saturated heterocycles. The van der Waals surface area contributed by atoms with E-state index < -0.39 is 40.6 Å². The molecule has 37 heavy (non-hydrogen) atoms. The van der Waals surface area contributed by atoms with Crippen molar-refractivity contribution in [3.8, 4) is 0 Å². The molecule has 3 unspecified atom stereocenters. The van der Waals surface area contributed by atoms with Gasteiger partial charge in [-0.15, -0.1) is 11.6 Å². The van der Waals surface area contributed by atoms with E-state index in [0.717, 1.165) is 11.1 Å². The summed E-state index contributed by atoms with van der Waals surface area (Å²) in [6.07, 6.45) is 0.627. The maximum absolute atomic E-state index is 13.1. The molecule has 2 aliphatic rings. The lowest BCUT2D eigenvalue weighted by Gasteiger charge is -2.19. The van der Waals surface area contributed by atoms with Crippen LogP contribution >= 0.6 is 34.8 Å². The molecule has 4 rings (SSSR count). The van der Waals surface area contributed by atoms with Crippen LogP contribution in [-0.4, -0.2) is 40.6 Å². The average molecular weight is 573 g/mol. The Kier molecular flexibility index (Phi) is 7.25. The fourth-order valence-electron chi connectivity index (χ4n) is 4.57. The van der Waals surface area contributed by atoms with Gasteiger partial charge in [0.2, 0.25) is 11.8 Å². The van der Waals surface area contributed by atoms with Gasteiger partial charge in [0.05, 0.1) is 27.9 Å². The lowest BCUT2D eigenvalue weighted by atomic mass is 10.1. The first-order valence-electron chi connectivity index (χ1n) is 11.7. The van der Waals surface area contributed by atoms with E-state index in [2.05, 4.69) is 16.0 Å².